The fourth-order valence-corrected chi connectivity index (χ4v) is 1.41. The van der Waals surface area contributed by atoms with E-state index >= 15 is 0 Å². The lowest BCUT2D eigenvalue weighted by Gasteiger charge is -2.11. The lowest BCUT2D eigenvalue weighted by atomic mass is 10.3. The second kappa shape index (κ2) is 5.42. The quantitative estimate of drug-likeness (QED) is 0.875. The normalized spacial score (nSPS) is 10.2. The van der Waals surface area contributed by atoms with Crippen LogP contribution in [-0.4, -0.2) is 24.3 Å². The molecule has 0 bridgehead atoms. The Morgan fingerprint density at radius 2 is 1.89 bits per heavy atom. The number of oxazole rings is 1. The number of nitrogens with zero attached hydrogens (tertiary/aromatic N) is 1. The molecule has 0 aliphatic heterocycles. The summed E-state index contributed by atoms with van der Waals surface area (Å²) in [6.07, 6.45) is 1.33. The Balaban J connectivity index is 2.31. The highest BCUT2D eigenvalue weighted by Gasteiger charge is 2.15. The molecule has 2 aromatic rings. The molecule has 1 heterocycles. The summed E-state index contributed by atoms with van der Waals surface area (Å²) in [4.78, 5) is 3.92. The van der Waals surface area contributed by atoms with Crippen LogP contribution in [0.5, 0.6) is 23.3 Å². The molecule has 0 saturated carbocycles. The van der Waals surface area contributed by atoms with Gasteiger partial charge in [0.05, 0.1) is 20.8 Å². The smallest absolute Gasteiger partial charge is 0.399 e. The van der Waals surface area contributed by atoms with Crippen LogP contribution in [0.15, 0.2) is 28.9 Å². The van der Waals surface area contributed by atoms with Gasteiger partial charge in [0, 0.05) is 0 Å². The number of hydrogen-bond donors (Lipinski definition) is 1. The monoisotopic (exact) mass is 251 g/mol. The van der Waals surface area contributed by atoms with Gasteiger partial charge in [-0.25, -0.2) is 0 Å². The van der Waals surface area contributed by atoms with Crippen LogP contribution in [0.3, 0.4) is 0 Å². The minimum atomic E-state index is -0.212. The van der Waals surface area contributed by atoms with E-state index in [9.17, 15) is 0 Å². The highest BCUT2D eigenvalue weighted by molar-refractivity contribution is 5.51. The molecule has 0 aliphatic rings. The van der Waals surface area contributed by atoms with Gasteiger partial charge in [0.1, 0.15) is 12.0 Å². The molecule has 6 nitrogen and oxygen atoms in total. The highest BCUT2D eigenvalue weighted by Crippen LogP contribution is 2.39. The average Bonchev–Trinajstić information content (AvgIpc) is 2.86. The van der Waals surface area contributed by atoms with E-state index in [-0.39, 0.29) is 12.7 Å². The van der Waals surface area contributed by atoms with E-state index in [1.54, 1.807) is 18.2 Å². The number of aliphatic hydroxyl groups is 1. The maximum Gasteiger partial charge on any atom is 0.399 e. The number of benzene rings is 1. The first-order valence-corrected chi connectivity index (χ1v) is 5.22. The third-order valence-corrected chi connectivity index (χ3v) is 2.26. The van der Waals surface area contributed by atoms with E-state index in [4.69, 9.17) is 23.7 Å². The van der Waals surface area contributed by atoms with Crippen molar-refractivity contribution in [3.05, 3.63) is 30.2 Å². The lowest BCUT2D eigenvalue weighted by molar-refractivity contribution is 0.276. The Labute approximate surface area is 104 Å². The molecule has 0 atom stereocenters. The van der Waals surface area contributed by atoms with Crippen molar-refractivity contribution in [1.82, 2.24) is 4.98 Å². The molecule has 18 heavy (non-hydrogen) atoms. The van der Waals surface area contributed by atoms with Crippen molar-refractivity contribution in [2.24, 2.45) is 0 Å². The van der Waals surface area contributed by atoms with Gasteiger partial charge >= 0.3 is 6.08 Å². The zero-order chi connectivity index (χ0) is 13.0. The van der Waals surface area contributed by atoms with Gasteiger partial charge in [0.15, 0.2) is 11.5 Å². The Kier molecular flexibility index (Phi) is 3.69. The molecule has 0 unspecified atom stereocenters. The fraction of sp³-hybridized carbons (Fsp3) is 0.250. The summed E-state index contributed by atoms with van der Waals surface area (Å²) in [7, 11) is 3.05. The van der Waals surface area contributed by atoms with Crippen LogP contribution in [0.1, 0.15) is 5.69 Å². The number of aliphatic hydroxyl groups excluding tert-OH is 1. The Morgan fingerprint density at radius 3 is 2.39 bits per heavy atom. The molecule has 1 aromatic carbocycles. The van der Waals surface area contributed by atoms with Crippen molar-refractivity contribution in [3.63, 3.8) is 0 Å². The van der Waals surface area contributed by atoms with Crippen molar-refractivity contribution in [2.45, 2.75) is 6.61 Å². The van der Waals surface area contributed by atoms with E-state index in [0.29, 0.717) is 22.9 Å². The second-order valence-electron chi connectivity index (χ2n) is 3.36. The molecule has 96 valence electrons. The van der Waals surface area contributed by atoms with E-state index in [2.05, 4.69) is 4.98 Å². The van der Waals surface area contributed by atoms with Crippen LogP contribution in [0, 0.1) is 0 Å². The fourth-order valence-electron chi connectivity index (χ4n) is 1.41. The number of hydrogen-bond acceptors (Lipinski definition) is 6. The Morgan fingerprint density at radius 1 is 1.22 bits per heavy atom. The summed E-state index contributed by atoms with van der Waals surface area (Å²) in [5.74, 6) is 1.37. The first-order valence-electron chi connectivity index (χ1n) is 5.22. The first kappa shape index (κ1) is 12.3. The van der Waals surface area contributed by atoms with Gasteiger partial charge in [-0.2, -0.15) is 4.98 Å². The molecule has 0 fully saturated rings. The van der Waals surface area contributed by atoms with E-state index < -0.39 is 0 Å². The number of rotatable bonds is 5. The van der Waals surface area contributed by atoms with Crippen LogP contribution in [0.25, 0.3) is 0 Å². The van der Waals surface area contributed by atoms with Crippen molar-refractivity contribution in [3.8, 4) is 23.3 Å². The van der Waals surface area contributed by atoms with Crippen LogP contribution in [0.2, 0.25) is 0 Å². The number of methoxy groups -OCH3 is 2. The van der Waals surface area contributed by atoms with Crippen molar-refractivity contribution < 1.29 is 23.7 Å². The van der Waals surface area contributed by atoms with Gasteiger partial charge < -0.3 is 23.7 Å². The molecule has 0 saturated heterocycles. The molecule has 0 spiro atoms. The number of ether oxygens (including phenoxy) is 3. The van der Waals surface area contributed by atoms with Crippen molar-refractivity contribution in [2.75, 3.05) is 14.2 Å². The summed E-state index contributed by atoms with van der Waals surface area (Å²) in [6, 6.07) is 5.24. The minimum absolute atomic E-state index is 0.0156. The van der Waals surface area contributed by atoms with Crippen LogP contribution < -0.4 is 14.2 Å². The van der Waals surface area contributed by atoms with Crippen LogP contribution >= 0.6 is 0 Å². The molecular formula is C12H13NO5. The maximum atomic E-state index is 8.89. The molecule has 0 amide bonds. The topological polar surface area (TPSA) is 74.0 Å². The van der Waals surface area contributed by atoms with Gasteiger partial charge in [0.25, 0.3) is 0 Å². The minimum Gasteiger partial charge on any atom is -0.493 e. The SMILES string of the molecule is COc1cccc(OC)c1Oc1nc(CO)co1. The number of para-hydroxylation sites is 1. The van der Waals surface area contributed by atoms with E-state index in [1.807, 2.05) is 0 Å². The van der Waals surface area contributed by atoms with Gasteiger partial charge in [0.2, 0.25) is 5.75 Å². The molecule has 0 radical (unpaired) electrons. The molecule has 1 aromatic heterocycles. The summed E-state index contributed by atoms with van der Waals surface area (Å²) < 4.78 is 20.9. The first-order chi connectivity index (χ1) is 8.78. The third kappa shape index (κ3) is 2.38. The maximum absolute atomic E-state index is 8.89. The second-order valence-corrected chi connectivity index (χ2v) is 3.36. The van der Waals surface area contributed by atoms with E-state index in [1.165, 1.54) is 20.5 Å². The molecular weight excluding hydrogens is 238 g/mol. The predicted molar refractivity (Wildman–Crippen MR) is 62.0 cm³/mol. The van der Waals surface area contributed by atoms with Gasteiger partial charge in [-0.3, -0.25) is 0 Å². The number of aromatic nitrogens is 1. The average molecular weight is 251 g/mol. The molecule has 0 aliphatic carbocycles. The van der Waals surface area contributed by atoms with Crippen molar-refractivity contribution >= 4 is 0 Å². The summed E-state index contributed by atoms with van der Waals surface area (Å²) >= 11 is 0. The predicted octanol–water partition coefficient (Wildman–Crippen LogP) is 1.98. The Bertz CT molecular complexity index is 501. The molecule has 6 heteroatoms. The zero-order valence-electron chi connectivity index (χ0n) is 10.0. The molecule has 2 rings (SSSR count). The zero-order valence-corrected chi connectivity index (χ0v) is 10.0. The standard InChI is InChI=1S/C12H13NO5/c1-15-9-4-3-5-10(16-2)11(9)18-12-13-8(6-14)7-17-12/h3-5,7,14H,6H2,1-2H3. The summed E-state index contributed by atoms with van der Waals surface area (Å²) in [5.41, 5.74) is 0.388. The van der Waals surface area contributed by atoms with Crippen molar-refractivity contribution in [1.29, 1.82) is 0 Å². The summed E-state index contributed by atoms with van der Waals surface area (Å²) in [5, 5.41) is 8.89. The van der Waals surface area contributed by atoms with Crippen LogP contribution in [-0.2, 0) is 6.61 Å². The highest BCUT2D eigenvalue weighted by atomic mass is 16.6. The third-order valence-electron chi connectivity index (χ3n) is 2.26. The summed E-state index contributed by atoms with van der Waals surface area (Å²) in [6.45, 7) is -0.212. The van der Waals surface area contributed by atoms with E-state index in [0.717, 1.165) is 0 Å². The van der Waals surface area contributed by atoms with Gasteiger partial charge in [-0.1, -0.05) is 6.07 Å². The van der Waals surface area contributed by atoms with Gasteiger partial charge in [-0.05, 0) is 12.1 Å². The largest absolute Gasteiger partial charge is 0.493 e. The van der Waals surface area contributed by atoms with Crippen LogP contribution in [0.4, 0.5) is 0 Å². The molecule has 1 N–H and O–H groups in total. The lowest BCUT2D eigenvalue weighted by Crippen LogP contribution is -1.94. The van der Waals surface area contributed by atoms with Gasteiger partial charge in [-0.15, -0.1) is 0 Å². The Hall–Kier alpha value is -2.21.